The molecule has 2 rings (SSSR count). The second-order valence-corrected chi connectivity index (χ2v) is 4.45. The van der Waals surface area contributed by atoms with Crippen molar-refractivity contribution in [1.82, 2.24) is 4.98 Å². The Bertz CT molecular complexity index is 660. The van der Waals surface area contributed by atoms with E-state index in [-0.39, 0.29) is 17.8 Å². The Morgan fingerprint density at radius 2 is 2.10 bits per heavy atom. The third-order valence-corrected chi connectivity index (χ3v) is 2.95. The quantitative estimate of drug-likeness (QED) is 0.880. The van der Waals surface area contributed by atoms with E-state index in [2.05, 4.69) is 9.72 Å². The number of halogens is 2. The number of methoxy groups -OCH3 is 1. The van der Waals surface area contributed by atoms with E-state index in [1.807, 2.05) is 0 Å². The van der Waals surface area contributed by atoms with Crippen molar-refractivity contribution >= 4 is 11.7 Å². The number of rotatable bonds is 4. The number of hydrogen-bond donors (Lipinski definition) is 1. The summed E-state index contributed by atoms with van der Waals surface area (Å²) in [6.07, 6.45) is -1.24. The van der Waals surface area contributed by atoms with E-state index in [9.17, 15) is 13.6 Å². The first kappa shape index (κ1) is 14.9. The van der Waals surface area contributed by atoms with Crippen LogP contribution in [0.1, 0.15) is 16.1 Å². The average molecular weight is 292 g/mol. The first-order valence-electron chi connectivity index (χ1n) is 6.22. The summed E-state index contributed by atoms with van der Waals surface area (Å²) in [5.74, 6) is -0.620. The summed E-state index contributed by atoms with van der Waals surface area (Å²) in [5.41, 5.74) is 7.87. The van der Waals surface area contributed by atoms with Gasteiger partial charge in [-0.15, -0.1) is 0 Å². The third kappa shape index (κ3) is 3.53. The number of alkyl halides is 2. The van der Waals surface area contributed by atoms with Gasteiger partial charge in [-0.3, -0.25) is 0 Å². The molecule has 1 heterocycles. The molecule has 1 aromatic heterocycles. The molecule has 110 valence electrons. The highest BCUT2D eigenvalue weighted by Crippen LogP contribution is 2.24. The zero-order valence-electron chi connectivity index (χ0n) is 11.3. The van der Waals surface area contributed by atoms with Gasteiger partial charge in [-0.25, -0.2) is 18.6 Å². The summed E-state index contributed by atoms with van der Waals surface area (Å²) in [4.78, 5) is 15.4. The standard InChI is InChI=1S/C15H14F2N2O2/c1-21-15(20)14-12(18)7-11(8-19-14)10-4-2-3-9(5-10)6-13(16)17/h2-5,7-8,13H,6,18H2,1H3. The van der Waals surface area contributed by atoms with Crippen molar-refractivity contribution in [2.75, 3.05) is 12.8 Å². The molecule has 0 unspecified atom stereocenters. The van der Waals surface area contributed by atoms with Gasteiger partial charge in [0.05, 0.1) is 12.8 Å². The van der Waals surface area contributed by atoms with Crippen LogP contribution in [0.3, 0.4) is 0 Å². The van der Waals surface area contributed by atoms with E-state index in [1.54, 1.807) is 30.3 Å². The summed E-state index contributed by atoms with van der Waals surface area (Å²) in [6, 6.07) is 8.32. The van der Waals surface area contributed by atoms with Crippen LogP contribution < -0.4 is 5.73 Å². The smallest absolute Gasteiger partial charge is 0.358 e. The van der Waals surface area contributed by atoms with Crippen molar-refractivity contribution in [1.29, 1.82) is 0 Å². The lowest BCUT2D eigenvalue weighted by Crippen LogP contribution is -2.08. The van der Waals surface area contributed by atoms with E-state index < -0.39 is 12.4 Å². The number of anilines is 1. The molecule has 1 aromatic carbocycles. The summed E-state index contributed by atoms with van der Waals surface area (Å²) < 4.78 is 29.4. The topological polar surface area (TPSA) is 65.2 Å². The first-order valence-corrected chi connectivity index (χ1v) is 6.22. The van der Waals surface area contributed by atoms with Gasteiger partial charge in [-0.1, -0.05) is 24.3 Å². The monoisotopic (exact) mass is 292 g/mol. The largest absolute Gasteiger partial charge is 0.464 e. The van der Waals surface area contributed by atoms with Gasteiger partial charge in [0.1, 0.15) is 0 Å². The normalized spacial score (nSPS) is 10.7. The van der Waals surface area contributed by atoms with Crippen molar-refractivity contribution in [2.24, 2.45) is 0 Å². The second-order valence-electron chi connectivity index (χ2n) is 4.45. The molecule has 2 aromatic rings. The molecule has 0 bridgehead atoms. The van der Waals surface area contributed by atoms with Gasteiger partial charge in [0.2, 0.25) is 6.43 Å². The first-order chi connectivity index (χ1) is 10.0. The molecule has 0 aliphatic rings. The number of aromatic nitrogens is 1. The Morgan fingerprint density at radius 3 is 2.71 bits per heavy atom. The Morgan fingerprint density at radius 1 is 1.33 bits per heavy atom. The van der Waals surface area contributed by atoms with Gasteiger partial charge in [-0.2, -0.15) is 0 Å². The average Bonchev–Trinajstić information content (AvgIpc) is 2.46. The van der Waals surface area contributed by atoms with Crippen molar-refractivity contribution in [3.63, 3.8) is 0 Å². The van der Waals surface area contributed by atoms with Gasteiger partial charge in [0.15, 0.2) is 5.69 Å². The summed E-state index contributed by atoms with van der Waals surface area (Å²) in [6.45, 7) is 0. The van der Waals surface area contributed by atoms with Crippen LogP contribution in [0.4, 0.5) is 14.5 Å². The summed E-state index contributed by atoms with van der Waals surface area (Å²) in [7, 11) is 1.24. The van der Waals surface area contributed by atoms with Crippen LogP contribution in [0.15, 0.2) is 36.5 Å². The van der Waals surface area contributed by atoms with Crippen LogP contribution in [0.2, 0.25) is 0 Å². The van der Waals surface area contributed by atoms with Crippen LogP contribution in [-0.2, 0) is 11.2 Å². The molecule has 4 nitrogen and oxygen atoms in total. The Labute approximate surface area is 120 Å². The van der Waals surface area contributed by atoms with Gasteiger partial charge in [0.25, 0.3) is 0 Å². The van der Waals surface area contributed by atoms with Crippen LogP contribution in [-0.4, -0.2) is 24.5 Å². The van der Waals surface area contributed by atoms with E-state index in [0.29, 0.717) is 16.7 Å². The molecular formula is C15H14F2N2O2. The highest BCUT2D eigenvalue weighted by Gasteiger charge is 2.13. The number of pyridine rings is 1. The molecule has 0 aliphatic heterocycles. The van der Waals surface area contributed by atoms with Gasteiger partial charge in [-0.05, 0) is 17.2 Å². The van der Waals surface area contributed by atoms with Crippen LogP contribution in [0.25, 0.3) is 11.1 Å². The van der Waals surface area contributed by atoms with Crippen molar-refractivity contribution in [3.05, 3.63) is 47.8 Å². The fourth-order valence-corrected chi connectivity index (χ4v) is 1.96. The van der Waals surface area contributed by atoms with Crippen molar-refractivity contribution < 1.29 is 18.3 Å². The van der Waals surface area contributed by atoms with Gasteiger partial charge < -0.3 is 10.5 Å². The fraction of sp³-hybridized carbons (Fsp3) is 0.200. The third-order valence-electron chi connectivity index (χ3n) is 2.95. The molecule has 0 saturated carbocycles. The SMILES string of the molecule is COC(=O)c1ncc(-c2cccc(CC(F)F)c2)cc1N. The molecule has 0 atom stereocenters. The van der Waals surface area contributed by atoms with Crippen molar-refractivity contribution in [3.8, 4) is 11.1 Å². The maximum Gasteiger partial charge on any atom is 0.358 e. The maximum absolute atomic E-state index is 12.4. The molecule has 0 amide bonds. The highest BCUT2D eigenvalue weighted by atomic mass is 19.3. The number of nitrogens with zero attached hydrogens (tertiary/aromatic N) is 1. The minimum Gasteiger partial charge on any atom is -0.464 e. The van der Waals surface area contributed by atoms with E-state index in [1.165, 1.54) is 13.3 Å². The number of nitrogen functional groups attached to an aromatic ring is 1. The highest BCUT2D eigenvalue weighted by molar-refractivity contribution is 5.93. The lowest BCUT2D eigenvalue weighted by atomic mass is 10.0. The zero-order valence-corrected chi connectivity index (χ0v) is 11.3. The molecule has 0 aliphatic carbocycles. The fourth-order valence-electron chi connectivity index (χ4n) is 1.96. The molecule has 0 saturated heterocycles. The van der Waals surface area contributed by atoms with Gasteiger partial charge >= 0.3 is 5.97 Å². The summed E-state index contributed by atoms with van der Waals surface area (Å²) in [5, 5.41) is 0. The van der Waals surface area contributed by atoms with Crippen LogP contribution in [0.5, 0.6) is 0 Å². The second kappa shape index (κ2) is 6.30. The van der Waals surface area contributed by atoms with Crippen LogP contribution in [0, 0.1) is 0 Å². The summed E-state index contributed by atoms with van der Waals surface area (Å²) >= 11 is 0. The van der Waals surface area contributed by atoms with Crippen LogP contribution >= 0.6 is 0 Å². The Balaban J connectivity index is 2.34. The maximum atomic E-state index is 12.4. The molecular weight excluding hydrogens is 278 g/mol. The number of hydrogen-bond acceptors (Lipinski definition) is 4. The molecule has 0 fully saturated rings. The molecule has 6 heteroatoms. The van der Waals surface area contributed by atoms with E-state index >= 15 is 0 Å². The minimum absolute atomic E-state index is 0.0324. The predicted molar refractivity (Wildman–Crippen MR) is 75.1 cm³/mol. The van der Waals surface area contributed by atoms with E-state index in [0.717, 1.165) is 0 Å². The zero-order chi connectivity index (χ0) is 15.4. The van der Waals surface area contributed by atoms with E-state index in [4.69, 9.17) is 5.73 Å². The molecule has 0 radical (unpaired) electrons. The number of nitrogens with two attached hydrogens (primary N) is 1. The number of esters is 1. The number of benzene rings is 1. The Kier molecular flexibility index (Phi) is 4.47. The molecule has 0 spiro atoms. The minimum atomic E-state index is -2.40. The number of ether oxygens (including phenoxy) is 1. The van der Waals surface area contributed by atoms with Gasteiger partial charge in [0, 0.05) is 18.2 Å². The Hall–Kier alpha value is -2.50. The van der Waals surface area contributed by atoms with Crippen molar-refractivity contribution in [2.45, 2.75) is 12.8 Å². The number of carbonyl (C=O) groups is 1. The molecule has 2 N–H and O–H groups in total. The number of carbonyl (C=O) groups excluding carboxylic acids is 1. The lowest BCUT2D eigenvalue weighted by molar-refractivity contribution is 0.0595. The predicted octanol–water partition coefficient (Wildman–Crippen LogP) is 2.93. The lowest BCUT2D eigenvalue weighted by Gasteiger charge is -2.08. The molecule has 21 heavy (non-hydrogen) atoms.